The maximum absolute atomic E-state index is 13.3. The summed E-state index contributed by atoms with van der Waals surface area (Å²) < 4.78 is 26.1. The van der Waals surface area contributed by atoms with Gasteiger partial charge in [0.05, 0.1) is 17.9 Å². The van der Waals surface area contributed by atoms with Crippen LogP contribution in [0.25, 0.3) is 0 Å². The molecule has 1 atom stereocenters. The van der Waals surface area contributed by atoms with Gasteiger partial charge in [0.2, 0.25) is 5.91 Å². The van der Waals surface area contributed by atoms with E-state index in [-0.39, 0.29) is 52.9 Å². The number of hydrogen-bond donors (Lipinski definition) is 6. The van der Waals surface area contributed by atoms with E-state index < -0.39 is 34.5 Å². The minimum Gasteiger partial charge on any atom is -0.480 e. The molecule has 2 aliphatic rings. The minimum atomic E-state index is -4.32. The fourth-order valence-electron chi connectivity index (χ4n) is 5.58. The number of H-pyrrole nitrogens is 1. The van der Waals surface area contributed by atoms with Crippen molar-refractivity contribution in [1.82, 2.24) is 36.0 Å². The van der Waals surface area contributed by atoms with Crippen molar-refractivity contribution in [3.05, 3.63) is 11.4 Å². The number of hydrogen-bond acceptors (Lipinski definition) is 8. The number of hydrazine groups is 1. The number of aliphatic carboxylic acids is 1. The highest BCUT2D eigenvalue weighted by Crippen LogP contribution is 2.27. The van der Waals surface area contributed by atoms with Gasteiger partial charge in [0.1, 0.15) is 10.9 Å². The van der Waals surface area contributed by atoms with Crippen LogP contribution >= 0.6 is 24.8 Å². The molecule has 2 saturated heterocycles. The normalized spacial score (nSPS) is 17.1. The van der Waals surface area contributed by atoms with Crippen LogP contribution in [0.1, 0.15) is 69.7 Å². The first-order valence-corrected chi connectivity index (χ1v) is 15.8. The van der Waals surface area contributed by atoms with Crippen molar-refractivity contribution in [3.63, 3.8) is 0 Å². The third-order valence-electron chi connectivity index (χ3n) is 8.11. The Morgan fingerprint density at radius 1 is 0.976 bits per heavy atom. The third kappa shape index (κ3) is 10.9. The molecule has 3 heterocycles. The molecule has 0 aromatic carbocycles. The van der Waals surface area contributed by atoms with Crippen molar-refractivity contribution in [2.75, 3.05) is 32.7 Å². The maximum atomic E-state index is 13.3. The van der Waals surface area contributed by atoms with Gasteiger partial charge < -0.3 is 21.1 Å². The first-order valence-electron chi connectivity index (χ1n) is 14.3. The number of carbonyl (C=O) groups excluding carboxylic acids is 2. The van der Waals surface area contributed by atoms with Gasteiger partial charge in [0, 0.05) is 5.92 Å². The van der Waals surface area contributed by atoms with E-state index in [2.05, 4.69) is 31.0 Å². The molecule has 0 aliphatic carbocycles. The molecule has 16 heteroatoms. The Hall–Kier alpha value is -1.97. The van der Waals surface area contributed by atoms with E-state index >= 15 is 0 Å². The van der Waals surface area contributed by atoms with Crippen LogP contribution in [0.2, 0.25) is 0 Å². The fourth-order valence-corrected chi connectivity index (χ4v) is 7.07. The summed E-state index contributed by atoms with van der Waals surface area (Å²) in [7, 11) is -4.32. The highest BCUT2D eigenvalue weighted by molar-refractivity contribution is 7.89. The van der Waals surface area contributed by atoms with Gasteiger partial charge in [0.15, 0.2) is 0 Å². The third-order valence-corrected chi connectivity index (χ3v) is 9.69. The van der Waals surface area contributed by atoms with Crippen molar-refractivity contribution in [1.29, 1.82) is 0 Å². The van der Waals surface area contributed by atoms with Gasteiger partial charge >= 0.3 is 5.97 Å². The number of sulfonamides is 1. The van der Waals surface area contributed by atoms with Crippen molar-refractivity contribution < 1.29 is 27.9 Å². The Balaban J connectivity index is 0.00000441. The SMILES string of the molecule is Cc1n[nH]c(C)c1S(=O)(=O)NN(C(=O)CNC(=O)C(CCC1CCNCC1)CCC1CCNCC1)C(C)C(=O)O.Cl.Cl. The Labute approximate surface area is 260 Å². The lowest BCUT2D eigenvalue weighted by molar-refractivity contribution is -0.150. The molecule has 2 amide bonds. The molecule has 13 nitrogen and oxygen atoms in total. The van der Waals surface area contributed by atoms with Crippen LogP contribution in [0, 0.1) is 31.6 Å². The summed E-state index contributed by atoms with van der Waals surface area (Å²) >= 11 is 0. The van der Waals surface area contributed by atoms with E-state index in [0.717, 1.165) is 77.5 Å². The number of carboxylic acid groups (broad SMARTS) is 1. The molecule has 1 aromatic rings. The Morgan fingerprint density at radius 2 is 1.48 bits per heavy atom. The molecule has 1 unspecified atom stereocenters. The van der Waals surface area contributed by atoms with Crippen LogP contribution in [0.3, 0.4) is 0 Å². The fraction of sp³-hybridized carbons (Fsp3) is 0.769. The second-order valence-corrected chi connectivity index (χ2v) is 12.7. The predicted octanol–water partition coefficient (Wildman–Crippen LogP) is 1.66. The number of amides is 2. The lowest BCUT2D eigenvalue weighted by atomic mass is 9.84. The standard InChI is InChI=1S/C26H45N7O6S.2ClH/c1-17-24(18(2)31-30-17)40(38,39)32-33(19(3)26(36)37)23(34)16-29-25(35)22(6-4-20-8-12-27-13-9-20)7-5-21-10-14-28-15-11-21;;/h19-22,27-28,32H,4-16H2,1-3H3,(H,29,35)(H,30,31)(H,36,37);2*1H. The number of aromatic amines is 1. The number of rotatable bonds is 14. The van der Waals surface area contributed by atoms with Crippen LogP contribution in [0.4, 0.5) is 0 Å². The average molecular weight is 657 g/mol. The molecule has 0 spiro atoms. The number of aryl methyl sites for hydroxylation is 2. The molecule has 242 valence electrons. The molecule has 2 fully saturated rings. The van der Waals surface area contributed by atoms with Crippen molar-refractivity contribution in [3.8, 4) is 0 Å². The Bertz CT molecular complexity index is 1080. The second kappa shape index (κ2) is 18.0. The highest BCUT2D eigenvalue weighted by Gasteiger charge is 2.33. The van der Waals surface area contributed by atoms with E-state index in [0.29, 0.717) is 16.8 Å². The van der Waals surface area contributed by atoms with E-state index in [9.17, 15) is 27.9 Å². The largest absolute Gasteiger partial charge is 0.480 e. The molecule has 42 heavy (non-hydrogen) atoms. The zero-order chi connectivity index (χ0) is 29.3. The summed E-state index contributed by atoms with van der Waals surface area (Å²) in [4.78, 5) is 40.1. The summed E-state index contributed by atoms with van der Waals surface area (Å²) in [6.45, 7) is 7.59. The number of carboxylic acids is 1. The summed E-state index contributed by atoms with van der Waals surface area (Å²) in [5, 5.41) is 25.9. The van der Waals surface area contributed by atoms with Gasteiger partial charge in [-0.15, -0.1) is 29.6 Å². The monoisotopic (exact) mass is 655 g/mol. The molecule has 3 rings (SSSR count). The first-order chi connectivity index (χ1) is 19.0. The van der Waals surface area contributed by atoms with Crippen molar-refractivity contribution in [2.24, 2.45) is 17.8 Å². The van der Waals surface area contributed by atoms with E-state index in [1.165, 1.54) is 20.8 Å². The van der Waals surface area contributed by atoms with Gasteiger partial charge in [-0.3, -0.25) is 14.7 Å². The van der Waals surface area contributed by atoms with Crippen LogP contribution in [-0.2, 0) is 24.4 Å². The zero-order valence-corrected chi connectivity index (χ0v) is 27.1. The smallest absolute Gasteiger partial charge is 0.327 e. The lowest BCUT2D eigenvalue weighted by Crippen LogP contribution is -2.56. The van der Waals surface area contributed by atoms with Gasteiger partial charge in [-0.2, -0.15) is 5.10 Å². The van der Waals surface area contributed by atoms with Gasteiger partial charge in [-0.25, -0.2) is 18.2 Å². The minimum absolute atomic E-state index is 0. The first kappa shape index (κ1) is 38.1. The Kier molecular flexibility index (Phi) is 16.3. The molecule has 0 radical (unpaired) electrons. The quantitative estimate of drug-likeness (QED) is 0.162. The summed E-state index contributed by atoms with van der Waals surface area (Å²) in [5.74, 6) is -1.67. The molecular weight excluding hydrogens is 609 g/mol. The predicted molar refractivity (Wildman–Crippen MR) is 163 cm³/mol. The van der Waals surface area contributed by atoms with Crippen molar-refractivity contribution >= 4 is 52.6 Å². The van der Waals surface area contributed by atoms with E-state index in [1.807, 2.05) is 0 Å². The van der Waals surface area contributed by atoms with Crippen LogP contribution < -0.4 is 20.8 Å². The van der Waals surface area contributed by atoms with Gasteiger partial charge in [-0.1, -0.05) is 0 Å². The number of carbonyl (C=O) groups is 3. The number of halogens is 2. The number of nitrogens with one attached hydrogen (secondary N) is 5. The highest BCUT2D eigenvalue weighted by atomic mass is 35.5. The van der Waals surface area contributed by atoms with Crippen LogP contribution in [0.15, 0.2) is 4.90 Å². The zero-order valence-electron chi connectivity index (χ0n) is 24.6. The number of aromatic nitrogens is 2. The average Bonchev–Trinajstić information content (AvgIpc) is 3.29. The molecule has 0 saturated carbocycles. The second-order valence-electron chi connectivity index (χ2n) is 11.1. The number of piperidine rings is 2. The molecule has 0 bridgehead atoms. The maximum Gasteiger partial charge on any atom is 0.327 e. The van der Waals surface area contributed by atoms with E-state index in [4.69, 9.17) is 0 Å². The van der Waals surface area contributed by atoms with Crippen LogP contribution in [-0.4, -0.2) is 85.3 Å². The lowest BCUT2D eigenvalue weighted by Gasteiger charge is -2.28. The van der Waals surface area contributed by atoms with Gasteiger partial charge in [-0.05, 0) is 110 Å². The summed E-state index contributed by atoms with van der Waals surface area (Å²) in [5.41, 5.74) is 0.429. The van der Waals surface area contributed by atoms with E-state index in [1.54, 1.807) is 0 Å². The van der Waals surface area contributed by atoms with Crippen LogP contribution in [0.5, 0.6) is 0 Å². The molecular formula is C26H47Cl2N7O6S. The topological polar surface area (TPSA) is 186 Å². The summed E-state index contributed by atoms with van der Waals surface area (Å²) in [6.07, 6.45) is 7.64. The number of nitrogens with zero attached hydrogens (tertiary/aromatic N) is 2. The molecule has 6 N–H and O–H groups in total. The van der Waals surface area contributed by atoms with Crippen molar-refractivity contribution in [2.45, 2.75) is 83.1 Å². The van der Waals surface area contributed by atoms with Gasteiger partial charge in [0.25, 0.3) is 15.9 Å². The molecule has 1 aromatic heterocycles. The molecule has 2 aliphatic heterocycles. The Morgan fingerprint density at radius 3 is 1.90 bits per heavy atom. The summed E-state index contributed by atoms with van der Waals surface area (Å²) in [6, 6.07) is -1.51.